The molecular weight excluding hydrogens is 216 g/mol. The van der Waals surface area contributed by atoms with Crippen molar-refractivity contribution in [2.45, 2.75) is 20.4 Å². The highest BCUT2D eigenvalue weighted by atomic mass is 16.5. The first-order valence-corrected chi connectivity index (χ1v) is 5.51. The molecule has 90 valence electrons. The van der Waals surface area contributed by atoms with Gasteiger partial charge in [0.25, 0.3) is 0 Å². The average Bonchev–Trinajstić information content (AvgIpc) is 2.71. The molecule has 0 radical (unpaired) electrons. The van der Waals surface area contributed by atoms with Crippen molar-refractivity contribution in [3.05, 3.63) is 24.0 Å². The van der Waals surface area contributed by atoms with Crippen LogP contribution in [-0.4, -0.2) is 21.9 Å². The minimum Gasteiger partial charge on any atom is -0.497 e. The number of hydrogen-bond acceptors (Lipinski definition) is 4. The van der Waals surface area contributed by atoms with Gasteiger partial charge in [-0.3, -0.25) is 0 Å². The van der Waals surface area contributed by atoms with Crippen molar-refractivity contribution < 1.29 is 4.74 Å². The number of ether oxygens (including phenoxy) is 1. The molecule has 0 fully saturated rings. The number of aryl methyl sites for hydroxylation is 1. The Morgan fingerprint density at radius 2 is 2.12 bits per heavy atom. The molecule has 0 saturated carbocycles. The van der Waals surface area contributed by atoms with E-state index >= 15 is 0 Å². The van der Waals surface area contributed by atoms with E-state index in [0.29, 0.717) is 5.69 Å². The lowest BCUT2D eigenvalue weighted by molar-refractivity contribution is 0.415. The number of nitrogens with zero attached hydrogens (tertiary/aromatic N) is 3. The maximum atomic E-state index is 5.97. The second-order valence-electron chi connectivity index (χ2n) is 3.77. The molecule has 0 atom stereocenters. The lowest BCUT2D eigenvalue weighted by atomic mass is 10.1. The van der Waals surface area contributed by atoms with Crippen LogP contribution >= 0.6 is 0 Å². The van der Waals surface area contributed by atoms with Gasteiger partial charge in [-0.05, 0) is 32.0 Å². The molecule has 5 heteroatoms. The van der Waals surface area contributed by atoms with Crippen molar-refractivity contribution in [2.24, 2.45) is 0 Å². The van der Waals surface area contributed by atoms with E-state index in [1.54, 1.807) is 7.11 Å². The van der Waals surface area contributed by atoms with Gasteiger partial charge in [0, 0.05) is 17.8 Å². The zero-order chi connectivity index (χ0) is 12.4. The number of methoxy groups -OCH3 is 1. The van der Waals surface area contributed by atoms with Crippen molar-refractivity contribution in [1.82, 2.24) is 14.8 Å². The van der Waals surface area contributed by atoms with Crippen molar-refractivity contribution in [1.29, 1.82) is 0 Å². The molecule has 5 nitrogen and oxygen atoms in total. The Balaban J connectivity index is 2.59. The fourth-order valence-corrected chi connectivity index (χ4v) is 1.81. The fraction of sp³-hybridized carbons (Fsp3) is 0.333. The van der Waals surface area contributed by atoms with Crippen LogP contribution in [0, 0.1) is 6.92 Å². The lowest BCUT2D eigenvalue weighted by Gasteiger charge is -2.09. The Morgan fingerprint density at radius 1 is 1.35 bits per heavy atom. The van der Waals surface area contributed by atoms with Gasteiger partial charge < -0.3 is 15.0 Å². The summed E-state index contributed by atoms with van der Waals surface area (Å²) in [5, 5.41) is 8.25. The molecule has 1 aromatic carbocycles. The molecule has 0 aliphatic heterocycles. The van der Waals surface area contributed by atoms with Crippen molar-refractivity contribution in [3.8, 4) is 17.1 Å². The van der Waals surface area contributed by atoms with Crippen molar-refractivity contribution in [2.75, 3.05) is 12.8 Å². The number of nitrogen functional groups attached to an aromatic ring is 1. The SMILES string of the molecule is CCn1c(C)nnc1-c1cc(OC)ccc1N. The lowest BCUT2D eigenvalue weighted by Crippen LogP contribution is -2.02. The summed E-state index contributed by atoms with van der Waals surface area (Å²) in [6.45, 7) is 4.79. The molecular formula is C12H16N4O. The fourth-order valence-electron chi connectivity index (χ4n) is 1.81. The summed E-state index contributed by atoms with van der Waals surface area (Å²) in [5.74, 6) is 2.42. The van der Waals surface area contributed by atoms with Gasteiger partial charge in [-0.15, -0.1) is 10.2 Å². The highest BCUT2D eigenvalue weighted by molar-refractivity contribution is 5.73. The van der Waals surface area contributed by atoms with Crippen LogP contribution in [0.15, 0.2) is 18.2 Å². The molecule has 2 rings (SSSR count). The smallest absolute Gasteiger partial charge is 0.166 e. The number of rotatable bonds is 3. The van der Waals surface area contributed by atoms with Crippen LogP contribution in [0.5, 0.6) is 5.75 Å². The molecule has 1 heterocycles. The Labute approximate surface area is 100 Å². The van der Waals surface area contributed by atoms with Gasteiger partial charge in [0.1, 0.15) is 11.6 Å². The summed E-state index contributed by atoms with van der Waals surface area (Å²) >= 11 is 0. The number of hydrogen-bond donors (Lipinski definition) is 1. The van der Waals surface area contributed by atoms with Crippen molar-refractivity contribution >= 4 is 5.69 Å². The molecule has 0 aliphatic rings. The van der Waals surface area contributed by atoms with Crippen LogP contribution in [0.3, 0.4) is 0 Å². The molecule has 0 bridgehead atoms. The molecule has 17 heavy (non-hydrogen) atoms. The van der Waals surface area contributed by atoms with Gasteiger partial charge >= 0.3 is 0 Å². The van der Waals surface area contributed by atoms with Gasteiger partial charge in [-0.25, -0.2) is 0 Å². The summed E-state index contributed by atoms with van der Waals surface area (Å²) in [4.78, 5) is 0. The highest BCUT2D eigenvalue weighted by Gasteiger charge is 2.13. The maximum Gasteiger partial charge on any atom is 0.166 e. The highest BCUT2D eigenvalue weighted by Crippen LogP contribution is 2.28. The molecule has 0 unspecified atom stereocenters. The quantitative estimate of drug-likeness (QED) is 0.820. The topological polar surface area (TPSA) is 66.0 Å². The van der Waals surface area contributed by atoms with E-state index in [1.165, 1.54) is 0 Å². The monoisotopic (exact) mass is 232 g/mol. The Kier molecular flexibility index (Phi) is 2.99. The zero-order valence-corrected chi connectivity index (χ0v) is 10.3. The summed E-state index contributed by atoms with van der Waals surface area (Å²) in [5.41, 5.74) is 7.50. The first kappa shape index (κ1) is 11.4. The third-order valence-electron chi connectivity index (χ3n) is 2.75. The predicted octanol–water partition coefficient (Wildman–Crippen LogP) is 1.86. The van der Waals surface area contributed by atoms with Gasteiger partial charge in [0.2, 0.25) is 0 Å². The van der Waals surface area contributed by atoms with Crippen LogP contribution < -0.4 is 10.5 Å². The first-order valence-electron chi connectivity index (χ1n) is 5.51. The number of aromatic nitrogens is 3. The predicted molar refractivity (Wildman–Crippen MR) is 66.8 cm³/mol. The minimum atomic E-state index is 0.674. The average molecular weight is 232 g/mol. The minimum absolute atomic E-state index is 0.674. The third kappa shape index (κ3) is 1.95. The molecule has 2 aromatic rings. The Hall–Kier alpha value is -2.04. The Bertz CT molecular complexity index is 533. The molecule has 0 spiro atoms. The second-order valence-corrected chi connectivity index (χ2v) is 3.77. The van der Waals surface area contributed by atoms with Gasteiger partial charge in [0.05, 0.1) is 7.11 Å². The van der Waals surface area contributed by atoms with E-state index in [4.69, 9.17) is 10.5 Å². The van der Waals surface area contributed by atoms with Crippen molar-refractivity contribution in [3.63, 3.8) is 0 Å². The van der Waals surface area contributed by atoms with E-state index < -0.39 is 0 Å². The summed E-state index contributed by atoms with van der Waals surface area (Å²) < 4.78 is 7.22. The van der Waals surface area contributed by atoms with Gasteiger partial charge in [-0.1, -0.05) is 0 Å². The second kappa shape index (κ2) is 4.45. The molecule has 0 amide bonds. The summed E-state index contributed by atoms with van der Waals surface area (Å²) in [6, 6.07) is 5.53. The van der Waals surface area contributed by atoms with Crippen LogP contribution in [0.1, 0.15) is 12.7 Å². The summed E-state index contributed by atoms with van der Waals surface area (Å²) in [7, 11) is 1.63. The Morgan fingerprint density at radius 3 is 2.76 bits per heavy atom. The van der Waals surface area contributed by atoms with E-state index in [9.17, 15) is 0 Å². The van der Waals surface area contributed by atoms with E-state index in [0.717, 1.165) is 29.5 Å². The standard InChI is InChI=1S/C12H16N4O/c1-4-16-8(2)14-15-12(16)10-7-9(17-3)5-6-11(10)13/h5-7H,4,13H2,1-3H3. The third-order valence-corrected chi connectivity index (χ3v) is 2.75. The van der Waals surface area contributed by atoms with Gasteiger partial charge in [0.15, 0.2) is 5.82 Å². The number of nitrogens with two attached hydrogens (primary N) is 1. The molecule has 1 aromatic heterocycles. The van der Waals surface area contributed by atoms with Crippen LogP contribution in [-0.2, 0) is 6.54 Å². The van der Waals surface area contributed by atoms with Gasteiger partial charge in [-0.2, -0.15) is 0 Å². The van der Waals surface area contributed by atoms with Crippen LogP contribution in [0.25, 0.3) is 11.4 Å². The maximum absolute atomic E-state index is 5.97. The van der Waals surface area contributed by atoms with E-state index in [2.05, 4.69) is 17.1 Å². The zero-order valence-electron chi connectivity index (χ0n) is 10.3. The molecule has 0 aliphatic carbocycles. The normalized spacial score (nSPS) is 10.5. The summed E-state index contributed by atoms with van der Waals surface area (Å²) in [6.07, 6.45) is 0. The van der Waals surface area contributed by atoms with E-state index in [-0.39, 0.29) is 0 Å². The molecule has 0 saturated heterocycles. The number of anilines is 1. The molecule has 2 N–H and O–H groups in total. The van der Waals surface area contributed by atoms with Crippen LogP contribution in [0.4, 0.5) is 5.69 Å². The van der Waals surface area contributed by atoms with E-state index in [1.807, 2.05) is 29.7 Å². The van der Waals surface area contributed by atoms with Crippen LogP contribution in [0.2, 0.25) is 0 Å². The first-order chi connectivity index (χ1) is 8.17. The largest absolute Gasteiger partial charge is 0.497 e. The number of benzene rings is 1.